The Morgan fingerprint density at radius 2 is 1.87 bits per heavy atom. The summed E-state index contributed by atoms with van der Waals surface area (Å²) in [7, 11) is 5.76. The number of thioether (sulfide) groups is 1. The van der Waals surface area contributed by atoms with Gasteiger partial charge in [0.2, 0.25) is 0 Å². The highest BCUT2D eigenvalue weighted by atomic mass is 32.2. The van der Waals surface area contributed by atoms with Gasteiger partial charge < -0.3 is 14.4 Å². The number of nitrogens with zero attached hydrogens (tertiary/aromatic N) is 1. The summed E-state index contributed by atoms with van der Waals surface area (Å²) in [6.07, 6.45) is 5.34. The van der Waals surface area contributed by atoms with Crippen molar-refractivity contribution in [3.8, 4) is 11.5 Å². The summed E-state index contributed by atoms with van der Waals surface area (Å²) < 4.78 is 11.0. The molecule has 0 bridgehead atoms. The largest absolute Gasteiger partial charge is 0.493 e. The van der Waals surface area contributed by atoms with Crippen molar-refractivity contribution >= 4 is 11.8 Å². The van der Waals surface area contributed by atoms with Crippen LogP contribution in [0.2, 0.25) is 0 Å². The second-order valence-corrected chi connectivity index (χ2v) is 8.65. The molecule has 2 aliphatic heterocycles. The van der Waals surface area contributed by atoms with Crippen molar-refractivity contribution < 1.29 is 9.47 Å². The minimum absolute atomic E-state index is 0.305. The number of likely N-dealkylation sites (N-methyl/N-ethyl adjacent to an activating group) is 1. The molecule has 0 aromatic heterocycles. The molecule has 4 rings (SSSR count). The number of rotatable bonds is 3. The van der Waals surface area contributed by atoms with Gasteiger partial charge in [-0.15, -0.1) is 0 Å². The minimum Gasteiger partial charge on any atom is -0.493 e. The van der Waals surface area contributed by atoms with Gasteiger partial charge in [0.05, 0.1) is 14.2 Å². The Morgan fingerprint density at radius 3 is 2.52 bits per heavy atom. The molecular weight excluding hydrogens is 306 g/mol. The van der Waals surface area contributed by atoms with Crippen molar-refractivity contribution in [1.29, 1.82) is 0 Å². The van der Waals surface area contributed by atoms with Gasteiger partial charge in [-0.1, -0.05) is 6.07 Å². The molecule has 3 nitrogen and oxygen atoms in total. The van der Waals surface area contributed by atoms with Crippen molar-refractivity contribution in [2.75, 3.05) is 39.3 Å². The molecule has 4 heteroatoms. The van der Waals surface area contributed by atoms with Gasteiger partial charge in [-0.2, -0.15) is 11.8 Å². The first-order chi connectivity index (χ1) is 11.1. The van der Waals surface area contributed by atoms with E-state index < -0.39 is 0 Å². The van der Waals surface area contributed by atoms with Crippen molar-refractivity contribution in [3.05, 3.63) is 23.8 Å². The molecule has 2 saturated heterocycles. The number of likely N-dealkylation sites (tertiary alicyclic amines) is 1. The van der Waals surface area contributed by atoms with Gasteiger partial charge in [0.25, 0.3) is 0 Å². The fourth-order valence-corrected chi connectivity index (χ4v) is 6.35. The first-order valence-electron chi connectivity index (χ1n) is 8.63. The first kappa shape index (κ1) is 15.6. The van der Waals surface area contributed by atoms with Gasteiger partial charge in [-0.3, -0.25) is 0 Å². The maximum atomic E-state index is 5.57. The standard InChI is InChI=1S/C19H27NO2S/c1-20-9-8-19(7-6-18(11-17(19)20)12-23-13-18)14-4-5-15(21-2)16(10-14)22-3/h4-5,10,17H,6-9,11-13H2,1-3H3/t17-,19-/m0/s1. The molecule has 23 heavy (non-hydrogen) atoms. The van der Waals surface area contributed by atoms with Crippen LogP contribution in [0.1, 0.15) is 31.2 Å². The zero-order valence-corrected chi connectivity index (χ0v) is 15.2. The van der Waals surface area contributed by atoms with E-state index in [1.807, 2.05) is 0 Å². The average molecular weight is 333 g/mol. The zero-order chi connectivity index (χ0) is 16.1. The molecule has 1 spiro atoms. The molecule has 2 atom stereocenters. The highest BCUT2D eigenvalue weighted by Gasteiger charge is 2.56. The predicted octanol–water partition coefficient (Wildman–Crippen LogP) is 3.56. The maximum absolute atomic E-state index is 5.57. The van der Waals surface area contributed by atoms with Crippen molar-refractivity contribution in [1.82, 2.24) is 4.90 Å². The fraction of sp³-hybridized carbons (Fsp3) is 0.684. The number of fused-ring (bicyclic) bond motifs is 1. The van der Waals surface area contributed by atoms with Crippen LogP contribution in [-0.4, -0.2) is 50.3 Å². The molecule has 0 unspecified atom stereocenters. The monoisotopic (exact) mass is 333 g/mol. The van der Waals surface area contributed by atoms with E-state index >= 15 is 0 Å². The molecular formula is C19H27NO2S. The van der Waals surface area contributed by atoms with Crippen LogP contribution < -0.4 is 9.47 Å². The summed E-state index contributed by atoms with van der Waals surface area (Å²) in [6, 6.07) is 7.27. The summed E-state index contributed by atoms with van der Waals surface area (Å²) in [4.78, 5) is 2.61. The molecule has 0 amide bonds. The SMILES string of the molecule is COc1ccc([C@]23CCN(C)[C@H]2CC2(CC3)CSC2)cc1OC. The topological polar surface area (TPSA) is 21.7 Å². The summed E-state index contributed by atoms with van der Waals surface area (Å²) >= 11 is 2.13. The van der Waals surface area contributed by atoms with Crippen LogP contribution in [0.25, 0.3) is 0 Å². The van der Waals surface area contributed by atoms with Crippen LogP contribution in [0.15, 0.2) is 18.2 Å². The number of hydrogen-bond donors (Lipinski definition) is 0. The molecule has 3 aliphatic rings. The van der Waals surface area contributed by atoms with Crippen molar-refractivity contribution in [2.45, 2.75) is 37.1 Å². The van der Waals surface area contributed by atoms with E-state index in [1.165, 1.54) is 49.3 Å². The summed E-state index contributed by atoms with van der Waals surface area (Å²) in [6.45, 7) is 1.21. The van der Waals surface area contributed by atoms with Crippen molar-refractivity contribution in [2.24, 2.45) is 5.41 Å². The van der Waals surface area contributed by atoms with Crippen LogP contribution in [0.4, 0.5) is 0 Å². The van der Waals surface area contributed by atoms with E-state index in [-0.39, 0.29) is 0 Å². The molecule has 0 radical (unpaired) electrons. The normalized spacial score (nSPS) is 32.4. The molecule has 0 N–H and O–H groups in total. The van der Waals surface area contributed by atoms with Gasteiger partial charge in [0.1, 0.15) is 0 Å². The van der Waals surface area contributed by atoms with Crippen molar-refractivity contribution in [3.63, 3.8) is 0 Å². The molecule has 1 saturated carbocycles. The van der Waals surface area contributed by atoms with E-state index in [2.05, 4.69) is 41.9 Å². The van der Waals surface area contributed by atoms with Crippen LogP contribution in [0.3, 0.4) is 0 Å². The van der Waals surface area contributed by atoms with Gasteiger partial charge in [-0.05, 0) is 73.9 Å². The Kier molecular flexibility index (Phi) is 3.80. The lowest BCUT2D eigenvalue weighted by Gasteiger charge is -2.54. The Labute approximate surface area is 143 Å². The van der Waals surface area contributed by atoms with Gasteiger partial charge >= 0.3 is 0 Å². The van der Waals surface area contributed by atoms with Gasteiger partial charge in [0, 0.05) is 11.5 Å². The van der Waals surface area contributed by atoms with E-state index in [0.29, 0.717) is 16.9 Å². The third-order valence-electron chi connectivity index (χ3n) is 6.58. The van der Waals surface area contributed by atoms with Crippen LogP contribution in [-0.2, 0) is 5.41 Å². The molecule has 3 fully saturated rings. The Balaban J connectivity index is 1.71. The lowest BCUT2D eigenvalue weighted by atomic mass is 9.59. The average Bonchev–Trinajstić information content (AvgIpc) is 2.90. The highest BCUT2D eigenvalue weighted by molar-refractivity contribution is 8.00. The van der Waals surface area contributed by atoms with E-state index in [9.17, 15) is 0 Å². The first-order valence-corrected chi connectivity index (χ1v) is 9.78. The quantitative estimate of drug-likeness (QED) is 0.843. The summed E-state index contributed by atoms with van der Waals surface area (Å²) in [5.74, 6) is 4.45. The van der Waals surface area contributed by atoms with Crippen LogP contribution >= 0.6 is 11.8 Å². The number of ether oxygens (including phenoxy) is 2. The Bertz CT molecular complexity index is 601. The van der Waals surface area contributed by atoms with Gasteiger partial charge in [-0.25, -0.2) is 0 Å². The van der Waals surface area contributed by atoms with E-state index in [4.69, 9.17) is 9.47 Å². The number of methoxy groups -OCH3 is 2. The van der Waals surface area contributed by atoms with Gasteiger partial charge in [0.15, 0.2) is 11.5 Å². The second-order valence-electron chi connectivity index (χ2n) is 7.67. The highest BCUT2D eigenvalue weighted by Crippen LogP contribution is 2.58. The van der Waals surface area contributed by atoms with E-state index in [0.717, 1.165) is 11.5 Å². The maximum Gasteiger partial charge on any atom is 0.161 e. The molecule has 1 aliphatic carbocycles. The second kappa shape index (κ2) is 5.59. The lowest BCUT2D eigenvalue weighted by Crippen LogP contribution is -2.53. The zero-order valence-electron chi connectivity index (χ0n) is 14.4. The van der Waals surface area contributed by atoms with Crippen LogP contribution in [0, 0.1) is 5.41 Å². The Morgan fingerprint density at radius 1 is 1.09 bits per heavy atom. The third kappa shape index (κ3) is 2.29. The number of hydrogen-bond acceptors (Lipinski definition) is 4. The smallest absolute Gasteiger partial charge is 0.161 e. The molecule has 126 valence electrons. The minimum atomic E-state index is 0.305. The number of benzene rings is 1. The predicted molar refractivity (Wildman–Crippen MR) is 95.9 cm³/mol. The fourth-order valence-electron chi connectivity index (χ4n) is 5.04. The van der Waals surface area contributed by atoms with Crippen LogP contribution in [0.5, 0.6) is 11.5 Å². The van der Waals surface area contributed by atoms with E-state index in [1.54, 1.807) is 14.2 Å². The lowest BCUT2D eigenvalue weighted by molar-refractivity contribution is 0.0926. The molecule has 1 aromatic carbocycles. The summed E-state index contributed by atoms with van der Waals surface area (Å²) in [5, 5.41) is 0. The molecule has 1 aromatic rings. The third-order valence-corrected chi connectivity index (χ3v) is 8.22. The summed E-state index contributed by atoms with van der Waals surface area (Å²) in [5.41, 5.74) is 2.39. The molecule has 2 heterocycles. The Hall–Kier alpha value is -0.870.